The zero-order chi connectivity index (χ0) is 22.3. The third-order valence-corrected chi connectivity index (χ3v) is 5.01. The summed E-state index contributed by atoms with van der Waals surface area (Å²) in [6.45, 7) is -0.242. The average molecular weight is 453 g/mol. The molecule has 4 aromatic rings. The zero-order valence-electron chi connectivity index (χ0n) is 15.3. The first-order chi connectivity index (χ1) is 14.7. The van der Waals surface area contributed by atoms with Crippen molar-refractivity contribution in [3.8, 4) is 17.5 Å². The summed E-state index contributed by atoms with van der Waals surface area (Å²) >= 11 is 6.15. The summed E-state index contributed by atoms with van der Waals surface area (Å²) in [4.78, 5) is 4.05. The van der Waals surface area contributed by atoms with E-state index in [0.29, 0.717) is 5.52 Å². The van der Waals surface area contributed by atoms with Gasteiger partial charge < -0.3 is 9.09 Å². The van der Waals surface area contributed by atoms with Crippen LogP contribution in [0.2, 0.25) is 5.02 Å². The summed E-state index contributed by atoms with van der Waals surface area (Å²) in [5, 5.41) is 13.1. The Morgan fingerprint density at radius 1 is 1.16 bits per heavy atom. The summed E-state index contributed by atoms with van der Waals surface area (Å²) in [6, 6.07) is 10.3. The Hall–Kier alpha value is -3.45. The topological polar surface area (TPSA) is 67.6 Å². The molecule has 11 heteroatoms. The van der Waals surface area contributed by atoms with E-state index in [9.17, 15) is 22.0 Å². The van der Waals surface area contributed by atoms with E-state index in [-0.39, 0.29) is 45.5 Å². The normalized spacial score (nSPS) is 11.9. The van der Waals surface area contributed by atoms with Crippen molar-refractivity contribution in [2.45, 2.75) is 19.1 Å². The molecule has 0 aliphatic rings. The van der Waals surface area contributed by atoms with Crippen molar-refractivity contribution in [2.75, 3.05) is 0 Å². The molecule has 5 nitrogen and oxygen atoms in total. The predicted molar refractivity (Wildman–Crippen MR) is 100 cm³/mol. The summed E-state index contributed by atoms with van der Waals surface area (Å²) in [5.41, 5.74) is -0.758. The van der Waals surface area contributed by atoms with Crippen LogP contribution >= 0.6 is 11.6 Å². The number of fused-ring (bicyclic) bond motifs is 1. The van der Waals surface area contributed by atoms with Crippen molar-refractivity contribution in [3.05, 3.63) is 70.1 Å². The minimum absolute atomic E-state index is 0.0210. The van der Waals surface area contributed by atoms with E-state index in [0.717, 1.165) is 12.1 Å². The van der Waals surface area contributed by atoms with Gasteiger partial charge in [0, 0.05) is 10.9 Å². The van der Waals surface area contributed by atoms with Crippen molar-refractivity contribution in [1.29, 1.82) is 5.26 Å². The summed E-state index contributed by atoms with van der Waals surface area (Å²) in [7, 11) is 0. The number of benzene rings is 2. The van der Waals surface area contributed by atoms with Crippen molar-refractivity contribution in [3.63, 3.8) is 0 Å². The fraction of sp³-hybridized carbons (Fsp3) is 0.150. The first-order valence-corrected chi connectivity index (χ1v) is 9.07. The molecule has 0 amide bonds. The van der Waals surface area contributed by atoms with E-state index in [1.165, 1.54) is 34.9 Å². The average Bonchev–Trinajstić information content (AvgIpc) is 3.34. The van der Waals surface area contributed by atoms with Crippen LogP contribution < -0.4 is 0 Å². The van der Waals surface area contributed by atoms with Crippen LogP contribution in [0.1, 0.15) is 29.1 Å². The van der Waals surface area contributed by atoms with E-state index in [1.54, 1.807) is 0 Å². The number of hydrogen-bond donors (Lipinski definition) is 0. The molecule has 0 N–H and O–H groups in total. The maximum atomic E-state index is 13.6. The quantitative estimate of drug-likeness (QED) is 0.345. The molecule has 0 atom stereocenters. The molecule has 0 saturated heterocycles. The number of aromatic nitrogens is 3. The number of rotatable bonds is 4. The van der Waals surface area contributed by atoms with E-state index >= 15 is 0 Å². The van der Waals surface area contributed by atoms with Crippen LogP contribution in [0.4, 0.5) is 22.0 Å². The van der Waals surface area contributed by atoms with Gasteiger partial charge in [0.15, 0.2) is 5.82 Å². The Morgan fingerprint density at radius 3 is 2.61 bits per heavy atom. The standard InChI is InChI=1S/C20H10ClF5N4O/c21-17-11(8-27)4-5-14-13(17)7-15(18(22)23)30(14)9-16-28-19(31-29-16)10-2-1-3-12(6-10)20(24,25)26/h1-7,18H,9H2. The largest absolute Gasteiger partial charge is 0.416 e. The van der Waals surface area contributed by atoms with Gasteiger partial charge in [-0.05, 0) is 36.4 Å². The highest BCUT2D eigenvalue weighted by atomic mass is 35.5. The molecule has 2 aromatic heterocycles. The number of nitrogens with zero attached hydrogens (tertiary/aromatic N) is 4. The van der Waals surface area contributed by atoms with Crippen LogP contribution in [0.15, 0.2) is 47.0 Å². The van der Waals surface area contributed by atoms with Crippen LogP contribution in [-0.4, -0.2) is 14.7 Å². The van der Waals surface area contributed by atoms with Gasteiger partial charge >= 0.3 is 6.18 Å². The van der Waals surface area contributed by atoms with E-state index in [2.05, 4.69) is 10.1 Å². The first kappa shape index (κ1) is 20.8. The second kappa shape index (κ2) is 7.67. The molecule has 2 aromatic carbocycles. The van der Waals surface area contributed by atoms with Crippen molar-refractivity contribution >= 4 is 22.5 Å². The molecule has 0 saturated carbocycles. The number of alkyl halides is 5. The van der Waals surface area contributed by atoms with Gasteiger partial charge in [-0.2, -0.15) is 23.4 Å². The SMILES string of the molecule is N#Cc1ccc2c(cc(C(F)F)n2Cc2noc(-c3cccc(C(F)(F)F)c3)n2)c1Cl. The van der Waals surface area contributed by atoms with Gasteiger partial charge in [0.2, 0.25) is 0 Å². The lowest BCUT2D eigenvalue weighted by atomic mass is 10.1. The van der Waals surface area contributed by atoms with Gasteiger partial charge in [-0.3, -0.25) is 0 Å². The molecule has 31 heavy (non-hydrogen) atoms. The summed E-state index contributed by atoms with van der Waals surface area (Å²) in [6.07, 6.45) is -7.40. The molecule has 0 spiro atoms. The van der Waals surface area contributed by atoms with Gasteiger partial charge in [0.25, 0.3) is 12.3 Å². The second-order valence-corrected chi connectivity index (χ2v) is 6.90. The fourth-order valence-electron chi connectivity index (χ4n) is 3.17. The molecule has 0 aliphatic carbocycles. The number of nitriles is 1. The Labute approximate surface area is 176 Å². The third kappa shape index (κ3) is 3.84. The van der Waals surface area contributed by atoms with Gasteiger partial charge in [-0.1, -0.05) is 22.8 Å². The Kier molecular flexibility index (Phi) is 5.15. The Morgan fingerprint density at radius 2 is 1.94 bits per heavy atom. The Bertz CT molecular complexity index is 1320. The maximum absolute atomic E-state index is 13.6. The molecular weight excluding hydrogens is 443 g/mol. The molecule has 0 unspecified atom stereocenters. The molecule has 2 heterocycles. The van der Waals surface area contributed by atoms with Crippen molar-refractivity contribution < 1.29 is 26.5 Å². The lowest BCUT2D eigenvalue weighted by Gasteiger charge is -2.08. The molecule has 158 valence electrons. The van der Waals surface area contributed by atoms with Gasteiger partial charge in [-0.15, -0.1) is 0 Å². The predicted octanol–water partition coefficient (Wildman–Crippen LogP) is 6.22. The van der Waals surface area contributed by atoms with Crippen LogP contribution in [0.25, 0.3) is 22.4 Å². The van der Waals surface area contributed by atoms with Crippen molar-refractivity contribution in [2.24, 2.45) is 0 Å². The highest BCUT2D eigenvalue weighted by Gasteiger charge is 2.31. The van der Waals surface area contributed by atoms with Crippen molar-refractivity contribution in [1.82, 2.24) is 14.7 Å². The molecule has 4 rings (SSSR count). The van der Waals surface area contributed by atoms with E-state index in [4.69, 9.17) is 21.4 Å². The lowest BCUT2D eigenvalue weighted by Crippen LogP contribution is -2.06. The molecule has 0 radical (unpaired) electrons. The fourth-order valence-corrected chi connectivity index (χ4v) is 3.43. The number of hydrogen-bond acceptors (Lipinski definition) is 4. The van der Waals surface area contributed by atoms with E-state index < -0.39 is 18.2 Å². The van der Waals surface area contributed by atoms with Gasteiger partial charge in [-0.25, -0.2) is 8.78 Å². The van der Waals surface area contributed by atoms with Crippen LogP contribution in [0.5, 0.6) is 0 Å². The molecular formula is C20H10ClF5N4O. The molecule has 0 fully saturated rings. The molecule has 0 aliphatic heterocycles. The van der Waals surface area contributed by atoms with Crippen LogP contribution in [-0.2, 0) is 12.7 Å². The van der Waals surface area contributed by atoms with Crippen LogP contribution in [0.3, 0.4) is 0 Å². The summed E-state index contributed by atoms with van der Waals surface area (Å²) < 4.78 is 72.2. The molecule has 0 bridgehead atoms. The number of halogens is 6. The minimum Gasteiger partial charge on any atom is -0.334 e. The maximum Gasteiger partial charge on any atom is 0.416 e. The van der Waals surface area contributed by atoms with Gasteiger partial charge in [0.05, 0.1) is 33.9 Å². The summed E-state index contributed by atoms with van der Waals surface area (Å²) in [5.74, 6) is -0.201. The van der Waals surface area contributed by atoms with E-state index in [1.807, 2.05) is 6.07 Å². The zero-order valence-corrected chi connectivity index (χ0v) is 16.0. The smallest absolute Gasteiger partial charge is 0.334 e. The first-order valence-electron chi connectivity index (χ1n) is 8.69. The highest BCUT2D eigenvalue weighted by molar-refractivity contribution is 6.36. The van der Waals surface area contributed by atoms with Gasteiger partial charge in [0.1, 0.15) is 6.07 Å². The monoisotopic (exact) mass is 452 g/mol. The highest BCUT2D eigenvalue weighted by Crippen LogP contribution is 2.35. The third-order valence-electron chi connectivity index (χ3n) is 4.60. The Balaban J connectivity index is 1.73. The lowest BCUT2D eigenvalue weighted by molar-refractivity contribution is -0.137. The second-order valence-electron chi connectivity index (χ2n) is 6.52. The minimum atomic E-state index is -4.55. The van der Waals surface area contributed by atoms with Crippen LogP contribution in [0, 0.1) is 11.3 Å².